The fraction of sp³-hybridized carbons (Fsp3) is 0.294. The van der Waals surface area contributed by atoms with Crippen molar-refractivity contribution in [2.75, 3.05) is 6.61 Å². The molecule has 2 rings (SSSR count). The highest BCUT2D eigenvalue weighted by atomic mass is 16.5. The van der Waals surface area contributed by atoms with Crippen molar-refractivity contribution in [1.82, 2.24) is 0 Å². The Balaban J connectivity index is 2.13. The van der Waals surface area contributed by atoms with Gasteiger partial charge < -0.3 is 14.9 Å². The van der Waals surface area contributed by atoms with E-state index in [4.69, 9.17) is 4.74 Å². The second kappa shape index (κ2) is 6.07. The Morgan fingerprint density at radius 2 is 1.65 bits per heavy atom. The Labute approximate surface area is 119 Å². The smallest absolute Gasteiger partial charge is 0.125 e. The highest BCUT2D eigenvalue weighted by Gasteiger charge is 2.24. The summed E-state index contributed by atoms with van der Waals surface area (Å²) < 4.78 is 5.71. The van der Waals surface area contributed by atoms with E-state index in [0.29, 0.717) is 5.75 Å². The number of para-hydroxylation sites is 1. The molecule has 0 radical (unpaired) electrons. The van der Waals surface area contributed by atoms with Crippen molar-refractivity contribution in [2.45, 2.75) is 25.6 Å². The standard InChI is InChI=1S/C17H20O3/c1-13(18)15-10-6-7-11-16(15)20-12-17(2,19)14-8-4-3-5-9-14/h3-11,13,18-19H,12H2,1-2H3/t13-,17?/m1/s1. The average molecular weight is 272 g/mol. The van der Waals surface area contributed by atoms with Crippen LogP contribution in [-0.2, 0) is 5.60 Å². The molecule has 2 aromatic carbocycles. The summed E-state index contributed by atoms with van der Waals surface area (Å²) in [6.07, 6.45) is -0.604. The van der Waals surface area contributed by atoms with Gasteiger partial charge >= 0.3 is 0 Å². The Kier molecular flexibility index (Phi) is 4.42. The fourth-order valence-electron chi connectivity index (χ4n) is 2.06. The van der Waals surface area contributed by atoms with Crippen LogP contribution in [0.2, 0.25) is 0 Å². The van der Waals surface area contributed by atoms with E-state index in [1.807, 2.05) is 48.5 Å². The van der Waals surface area contributed by atoms with E-state index in [-0.39, 0.29) is 6.61 Å². The Morgan fingerprint density at radius 1 is 1.05 bits per heavy atom. The third-order valence-corrected chi connectivity index (χ3v) is 3.27. The number of hydrogen-bond donors (Lipinski definition) is 2. The SMILES string of the molecule is C[C@@H](O)c1ccccc1OCC(C)(O)c1ccccc1. The van der Waals surface area contributed by atoms with Crippen molar-refractivity contribution >= 4 is 0 Å². The number of ether oxygens (including phenoxy) is 1. The van der Waals surface area contributed by atoms with Gasteiger partial charge in [-0.3, -0.25) is 0 Å². The lowest BCUT2D eigenvalue weighted by Crippen LogP contribution is -2.29. The molecular formula is C17H20O3. The van der Waals surface area contributed by atoms with Crippen LogP contribution in [0.25, 0.3) is 0 Å². The quantitative estimate of drug-likeness (QED) is 0.879. The van der Waals surface area contributed by atoms with Crippen LogP contribution in [0.1, 0.15) is 31.1 Å². The maximum absolute atomic E-state index is 10.5. The molecule has 0 amide bonds. The molecule has 0 saturated heterocycles. The first-order valence-electron chi connectivity index (χ1n) is 6.68. The first kappa shape index (κ1) is 14.6. The minimum atomic E-state index is -1.08. The van der Waals surface area contributed by atoms with E-state index in [2.05, 4.69) is 0 Å². The van der Waals surface area contributed by atoms with Crippen LogP contribution in [0.15, 0.2) is 54.6 Å². The second-order valence-electron chi connectivity index (χ2n) is 5.14. The molecule has 20 heavy (non-hydrogen) atoms. The first-order valence-corrected chi connectivity index (χ1v) is 6.68. The van der Waals surface area contributed by atoms with E-state index in [1.165, 1.54) is 0 Å². The van der Waals surface area contributed by atoms with E-state index < -0.39 is 11.7 Å². The van der Waals surface area contributed by atoms with Crippen LogP contribution in [0.4, 0.5) is 0 Å². The van der Waals surface area contributed by atoms with Crippen molar-refractivity contribution < 1.29 is 14.9 Å². The van der Waals surface area contributed by atoms with Crippen LogP contribution in [-0.4, -0.2) is 16.8 Å². The van der Waals surface area contributed by atoms with Gasteiger partial charge in [-0.2, -0.15) is 0 Å². The minimum Gasteiger partial charge on any atom is -0.490 e. The van der Waals surface area contributed by atoms with Crippen molar-refractivity contribution in [3.05, 3.63) is 65.7 Å². The van der Waals surface area contributed by atoms with Gasteiger partial charge in [0.2, 0.25) is 0 Å². The summed E-state index contributed by atoms with van der Waals surface area (Å²) in [5, 5.41) is 20.2. The zero-order chi connectivity index (χ0) is 14.6. The van der Waals surface area contributed by atoms with Crippen molar-refractivity contribution in [1.29, 1.82) is 0 Å². The van der Waals surface area contributed by atoms with Crippen molar-refractivity contribution in [3.63, 3.8) is 0 Å². The van der Waals surface area contributed by atoms with E-state index in [0.717, 1.165) is 11.1 Å². The van der Waals surface area contributed by atoms with Gasteiger partial charge in [-0.05, 0) is 25.5 Å². The van der Waals surface area contributed by atoms with Gasteiger partial charge in [0.05, 0.1) is 6.10 Å². The summed E-state index contributed by atoms with van der Waals surface area (Å²) >= 11 is 0. The van der Waals surface area contributed by atoms with Crippen molar-refractivity contribution in [3.8, 4) is 5.75 Å². The summed E-state index contributed by atoms with van der Waals surface area (Å²) in [5.74, 6) is 0.596. The Hall–Kier alpha value is -1.84. The van der Waals surface area contributed by atoms with Crippen LogP contribution in [0.5, 0.6) is 5.75 Å². The molecule has 0 aromatic heterocycles. The third-order valence-electron chi connectivity index (χ3n) is 3.27. The van der Waals surface area contributed by atoms with E-state index in [1.54, 1.807) is 19.9 Å². The number of benzene rings is 2. The normalized spacial score (nSPS) is 15.4. The van der Waals surface area contributed by atoms with Gasteiger partial charge in [0.1, 0.15) is 18.0 Å². The van der Waals surface area contributed by atoms with Crippen LogP contribution in [0.3, 0.4) is 0 Å². The Morgan fingerprint density at radius 3 is 2.30 bits per heavy atom. The van der Waals surface area contributed by atoms with Crippen LogP contribution in [0, 0.1) is 0 Å². The van der Waals surface area contributed by atoms with Crippen molar-refractivity contribution in [2.24, 2.45) is 0 Å². The average Bonchev–Trinajstić information content (AvgIpc) is 2.46. The topological polar surface area (TPSA) is 49.7 Å². The van der Waals surface area contributed by atoms with Gasteiger partial charge in [-0.1, -0.05) is 48.5 Å². The molecule has 106 valence electrons. The molecule has 0 saturated carbocycles. The summed E-state index contributed by atoms with van der Waals surface area (Å²) in [6, 6.07) is 16.7. The molecule has 0 bridgehead atoms. The van der Waals surface area contributed by atoms with Gasteiger partial charge in [0, 0.05) is 5.56 Å². The lowest BCUT2D eigenvalue weighted by molar-refractivity contribution is 0.00657. The van der Waals surface area contributed by atoms with Gasteiger partial charge in [-0.25, -0.2) is 0 Å². The summed E-state index contributed by atoms with van der Waals surface area (Å²) in [6.45, 7) is 3.53. The maximum atomic E-state index is 10.5. The number of rotatable bonds is 5. The van der Waals surface area contributed by atoms with Crippen LogP contribution >= 0.6 is 0 Å². The molecule has 0 heterocycles. The Bertz CT molecular complexity index is 547. The third kappa shape index (κ3) is 3.38. The summed E-state index contributed by atoms with van der Waals surface area (Å²) in [7, 11) is 0. The zero-order valence-electron chi connectivity index (χ0n) is 11.8. The molecule has 0 fully saturated rings. The lowest BCUT2D eigenvalue weighted by atomic mass is 9.97. The molecule has 0 aliphatic heterocycles. The first-order chi connectivity index (χ1) is 9.50. The molecule has 0 aliphatic carbocycles. The maximum Gasteiger partial charge on any atom is 0.125 e. The number of hydrogen-bond acceptors (Lipinski definition) is 3. The molecule has 1 unspecified atom stereocenters. The molecule has 0 aliphatic rings. The summed E-state index contributed by atoms with van der Waals surface area (Å²) in [5.41, 5.74) is 0.443. The number of aliphatic hydroxyl groups is 2. The van der Waals surface area contributed by atoms with Crippen LogP contribution < -0.4 is 4.74 Å². The van der Waals surface area contributed by atoms with E-state index in [9.17, 15) is 10.2 Å². The second-order valence-corrected chi connectivity index (χ2v) is 5.14. The zero-order valence-corrected chi connectivity index (χ0v) is 11.8. The minimum absolute atomic E-state index is 0.126. The molecule has 0 spiro atoms. The molecule has 3 heteroatoms. The molecule has 2 aromatic rings. The highest BCUT2D eigenvalue weighted by molar-refractivity contribution is 5.35. The van der Waals surface area contributed by atoms with Gasteiger partial charge in [0.25, 0.3) is 0 Å². The highest BCUT2D eigenvalue weighted by Crippen LogP contribution is 2.27. The monoisotopic (exact) mass is 272 g/mol. The largest absolute Gasteiger partial charge is 0.490 e. The predicted molar refractivity (Wildman–Crippen MR) is 78.6 cm³/mol. The van der Waals surface area contributed by atoms with Gasteiger partial charge in [-0.15, -0.1) is 0 Å². The summed E-state index contributed by atoms with van der Waals surface area (Å²) in [4.78, 5) is 0. The molecule has 3 nitrogen and oxygen atoms in total. The lowest BCUT2D eigenvalue weighted by Gasteiger charge is -2.25. The molecule has 2 N–H and O–H groups in total. The fourth-order valence-corrected chi connectivity index (χ4v) is 2.06. The molecule has 2 atom stereocenters. The predicted octanol–water partition coefficient (Wildman–Crippen LogP) is 3.03. The van der Waals surface area contributed by atoms with E-state index >= 15 is 0 Å². The van der Waals surface area contributed by atoms with Gasteiger partial charge in [0.15, 0.2) is 0 Å². The molecular weight excluding hydrogens is 252 g/mol. The number of aliphatic hydroxyl groups excluding tert-OH is 1.